The number of esters is 1. The number of hydrogen-bond donors (Lipinski definition) is 2. The molecule has 3 aromatic rings. The fourth-order valence-corrected chi connectivity index (χ4v) is 5.80. The van der Waals surface area contributed by atoms with E-state index in [1.54, 1.807) is 46.4 Å². The Kier molecular flexibility index (Phi) is 11.9. The van der Waals surface area contributed by atoms with Gasteiger partial charge in [-0.25, -0.2) is 9.59 Å². The summed E-state index contributed by atoms with van der Waals surface area (Å²) in [6.07, 6.45) is 0.348. The zero-order chi connectivity index (χ0) is 35.9. The number of carbonyl (C=O) groups excluding carboxylic acids is 4. The van der Waals surface area contributed by atoms with Gasteiger partial charge in [0.1, 0.15) is 29.3 Å². The highest BCUT2D eigenvalue weighted by molar-refractivity contribution is 5.94. The molecule has 5 unspecified atom stereocenters. The molecule has 0 spiro atoms. The van der Waals surface area contributed by atoms with Crippen molar-refractivity contribution in [3.8, 4) is 0 Å². The molecule has 1 aliphatic carbocycles. The summed E-state index contributed by atoms with van der Waals surface area (Å²) in [6.45, 7) is 14.6. The van der Waals surface area contributed by atoms with Gasteiger partial charge in [-0.3, -0.25) is 9.59 Å². The van der Waals surface area contributed by atoms with E-state index in [2.05, 4.69) is 10.6 Å². The molecule has 5 atom stereocenters. The van der Waals surface area contributed by atoms with E-state index in [0.29, 0.717) is 12.0 Å². The molecule has 0 aliphatic heterocycles. The third-order valence-electron chi connectivity index (χ3n) is 8.13. The molecule has 3 amide bonds. The van der Waals surface area contributed by atoms with Gasteiger partial charge in [-0.1, -0.05) is 97.4 Å². The second-order valence-corrected chi connectivity index (χ2v) is 15.0. The Morgan fingerprint density at radius 3 is 1.78 bits per heavy atom. The Labute approximate surface area is 290 Å². The van der Waals surface area contributed by atoms with Gasteiger partial charge in [-0.05, 0) is 77.5 Å². The van der Waals surface area contributed by atoms with Gasteiger partial charge in [0.2, 0.25) is 11.8 Å². The standard InChI is InChI=1S/C40H51N3O6/c1-26-16-15-21-30(22-26)34(35(44)41-32(37(46)48-39(3,4)5)25-29-19-13-10-14-20-29)43(33-23-27(33)2)36(45)31(24-28-17-11-9-12-18-28)42-38(47)49-40(6,7)8/h9-22,27,31-34H,23-25H2,1-8H3,(H,41,44)(H,42,47). The first kappa shape index (κ1) is 37.2. The largest absolute Gasteiger partial charge is 0.458 e. The molecule has 1 saturated carbocycles. The van der Waals surface area contributed by atoms with Crippen LogP contribution in [0.1, 0.15) is 83.2 Å². The van der Waals surface area contributed by atoms with Crippen LogP contribution in [0.15, 0.2) is 84.9 Å². The summed E-state index contributed by atoms with van der Waals surface area (Å²) in [7, 11) is 0. The lowest BCUT2D eigenvalue weighted by molar-refractivity contribution is -0.159. The number of alkyl carbamates (subject to hydrolysis) is 1. The van der Waals surface area contributed by atoms with Crippen molar-refractivity contribution in [2.24, 2.45) is 5.92 Å². The third-order valence-corrected chi connectivity index (χ3v) is 8.13. The number of nitrogens with one attached hydrogen (secondary N) is 2. The number of carbonyl (C=O) groups is 4. The molecule has 4 rings (SSSR count). The number of amides is 3. The number of rotatable bonds is 12. The zero-order valence-electron chi connectivity index (χ0n) is 30.0. The smallest absolute Gasteiger partial charge is 0.408 e. The van der Waals surface area contributed by atoms with Crippen molar-refractivity contribution in [3.63, 3.8) is 0 Å². The number of hydrogen-bond acceptors (Lipinski definition) is 6. The van der Waals surface area contributed by atoms with Gasteiger partial charge in [0.05, 0.1) is 0 Å². The van der Waals surface area contributed by atoms with E-state index in [9.17, 15) is 19.2 Å². The summed E-state index contributed by atoms with van der Waals surface area (Å²) in [4.78, 5) is 57.9. The predicted octanol–water partition coefficient (Wildman–Crippen LogP) is 6.48. The highest BCUT2D eigenvalue weighted by Crippen LogP contribution is 2.41. The maximum atomic E-state index is 14.9. The molecule has 262 valence electrons. The molecule has 0 heterocycles. The number of benzene rings is 3. The normalized spacial score (nSPS) is 17.6. The lowest BCUT2D eigenvalue weighted by Gasteiger charge is -2.36. The second kappa shape index (κ2) is 15.7. The van der Waals surface area contributed by atoms with Gasteiger partial charge in [0.15, 0.2) is 0 Å². The Bertz CT molecular complexity index is 1600. The molecule has 0 radical (unpaired) electrons. The molecule has 3 aromatic carbocycles. The fourth-order valence-electron chi connectivity index (χ4n) is 5.80. The molecule has 49 heavy (non-hydrogen) atoms. The maximum absolute atomic E-state index is 14.9. The van der Waals surface area contributed by atoms with E-state index in [0.717, 1.165) is 16.7 Å². The van der Waals surface area contributed by atoms with Crippen LogP contribution in [0.4, 0.5) is 4.79 Å². The van der Waals surface area contributed by atoms with Crippen molar-refractivity contribution >= 4 is 23.9 Å². The summed E-state index contributed by atoms with van der Waals surface area (Å²) < 4.78 is 11.3. The minimum absolute atomic E-state index is 0.119. The average molecular weight is 670 g/mol. The molecule has 1 fully saturated rings. The van der Waals surface area contributed by atoms with Gasteiger partial charge < -0.3 is 25.0 Å². The molecule has 9 nitrogen and oxygen atoms in total. The van der Waals surface area contributed by atoms with Crippen LogP contribution in [-0.2, 0) is 36.7 Å². The molecule has 0 saturated heterocycles. The lowest BCUT2D eigenvalue weighted by atomic mass is 9.98. The van der Waals surface area contributed by atoms with E-state index >= 15 is 0 Å². The molecule has 0 bridgehead atoms. The molecule has 2 N–H and O–H groups in total. The van der Waals surface area contributed by atoms with Crippen molar-refractivity contribution in [2.45, 2.75) is 110 Å². The molecule has 0 aromatic heterocycles. The fraction of sp³-hybridized carbons (Fsp3) is 0.450. The Hall–Kier alpha value is -4.66. The first-order valence-corrected chi connectivity index (χ1v) is 17.0. The number of aryl methyl sites for hydroxylation is 1. The van der Waals surface area contributed by atoms with Crippen molar-refractivity contribution in [1.29, 1.82) is 0 Å². The molecule has 1 aliphatic rings. The van der Waals surface area contributed by atoms with Crippen LogP contribution in [0, 0.1) is 12.8 Å². The van der Waals surface area contributed by atoms with Crippen LogP contribution >= 0.6 is 0 Å². The number of ether oxygens (including phenoxy) is 2. The van der Waals surface area contributed by atoms with Crippen LogP contribution in [0.25, 0.3) is 0 Å². The SMILES string of the molecule is Cc1cccc(C(C(=O)NC(Cc2ccccc2)C(=O)OC(C)(C)C)N(C(=O)C(Cc2ccccc2)NC(=O)OC(C)(C)C)C2CC2C)c1. The Morgan fingerprint density at radius 2 is 1.29 bits per heavy atom. The van der Waals surface area contributed by atoms with E-state index < -0.39 is 53.2 Å². The van der Waals surface area contributed by atoms with Crippen molar-refractivity contribution < 1.29 is 28.7 Å². The van der Waals surface area contributed by atoms with Crippen LogP contribution in [0.3, 0.4) is 0 Å². The Morgan fingerprint density at radius 1 is 0.755 bits per heavy atom. The monoisotopic (exact) mass is 669 g/mol. The average Bonchev–Trinajstić information content (AvgIpc) is 3.73. The van der Waals surface area contributed by atoms with Crippen molar-refractivity contribution in [3.05, 3.63) is 107 Å². The zero-order valence-corrected chi connectivity index (χ0v) is 30.0. The van der Waals surface area contributed by atoms with E-state index in [1.807, 2.05) is 98.8 Å². The summed E-state index contributed by atoms with van der Waals surface area (Å²) in [5.41, 5.74) is 1.63. The molecular formula is C40H51N3O6. The minimum Gasteiger partial charge on any atom is -0.458 e. The van der Waals surface area contributed by atoms with Crippen molar-refractivity contribution in [2.75, 3.05) is 0 Å². The van der Waals surface area contributed by atoms with Gasteiger partial charge >= 0.3 is 12.1 Å². The second-order valence-electron chi connectivity index (χ2n) is 15.0. The molecular weight excluding hydrogens is 618 g/mol. The highest BCUT2D eigenvalue weighted by atomic mass is 16.6. The third kappa shape index (κ3) is 11.2. The summed E-state index contributed by atoms with van der Waals surface area (Å²) >= 11 is 0. The topological polar surface area (TPSA) is 114 Å². The summed E-state index contributed by atoms with van der Waals surface area (Å²) in [5.74, 6) is -1.38. The maximum Gasteiger partial charge on any atom is 0.408 e. The first-order valence-electron chi connectivity index (χ1n) is 17.0. The minimum atomic E-state index is -1.10. The lowest BCUT2D eigenvalue weighted by Crippen LogP contribution is -2.56. The van der Waals surface area contributed by atoms with Gasteiger partial charge in [0, 0.05) is 18.9 Å². The summed E-state index contributed by atoms with van der Waals surface area (Å²) in [5, 5.41) is 5.80. The van der Waals surface area contributed by atoms with E-state index in [-0.39, 0.29) is 24.8 Å². The Balaban J connectivity index is 1.76. The van der Waals surface area contributed by atoms with Gasteiger partial charge in [0.25, 0.3) is 0 Å². The van der Waals surface area contributed by atoms with Crippen LogP contribution in [-0.4, -0.2) is 58.1 Å². The van der Waals surface area contributed by atoms with Gasteiger partial charge in [-0.2, -0.15) is 0 Å². The van der Waals surface area contributed by atoms with E-state index in [4.69, 9.17) is 9.47 Å². The van der Waals surface area contributed by atoms with Crippen LogP contribution < -0.4 is 10.6 Å². The molecule has 9 heteroatoms. The van der Waals surface area contributed by atoms with Gasteiger partial charge in [-0.15, -0.1) is 0 Å². The summed E-state index contributed by atoms with van der Waals surface area (Å²) in [6, 6.07) is 22.9. The van der Waals surface area contributed by atoms with Crippen molar-refractivity contribution in [1.82, 2.24) is 15.5 Å². The number of nitrogens with zero attached hydrogens (tertiary/aromatic N) is 1. The predicted molar refractivity (Wildman–Crippen MR) is 190 cm³/mol. The van der Waals surface area contributed by atoms with E-state index in [1.165, 1.54) is 0 Å². The van der Waals surface area contributed by atoms with Crippen LogP contribution in [0.2, 0.25) is 0 Å². The first-order chi connectivity index (χ1) is 23.0. The quantitative estimate of drug-likeness (QED) is 0.214. The van der Waals surface area contributed by atoms with Crippen LogP contribution in [0.5, 0.6) is 0 Å². The highest BCUT2D eigenvalue weighted by Gasteiger charge is 2.48.